The van der Waals surface area contributed by atoms with E-state index in [1.54, 1.807) is 75.9 Å². The van der Waals surface area contributed by atoms with Gasteiger partial charge in [-0.2, -0.15) is 0 Å². The molecule has 33 heavy (non-hydrogen) atoms. The minimum atomic E-state index is -0.445. The Morgan fingerprint density at radius 1 is 0.788 bits per heavy atom. The third-order valence-electron chi connectivity index (χ3n) is 5.01. The standard InChI is InChI=1S/C26H27NO6/c1-30-21-10-12-22(33-26(29)19-7-5-4-6-8-19)20(17-21)13-14-27-25(28)16-18-9-11-23(31-2)24(15-18)32-3/h4-12,15,17H,13-14,16H2,1-3H3,(H,27,28). The Balaban J connectivity index is 1.62. The monoisotopic (exact) mass is 449 g/mol. The van der Waals surface area contributed by atoms with Crippen molar-refractivity contribution in [2.75, 3.05) is 27.9 Å². The molecule has 0 heterocycles. The van der Waals surface area contributed by atoms with Gasteiger partial charge >= 0.3 is 5.97 Å². The van der Waals surface area contributed by atoms with Crippen molar-refractivity contribution >= 4 is 11.9 Å². The lowest BCUT2D eigenvalue weighted by Gasteiger charge is -2.13. The molecule has 0 aromatic heterocycles. The molecule has 0 atom stereocenters. The maximum absolute atomic E-state index is 12.5. The predicted molar refractivity (Wildman–Crippen MR) is 124 cm³/mol. The normalized spacial score (nSPS) is 10.3. The number of amides is 1. The van der Waals surface area contributed by atoms with Gasteiger partial charge in [-0.3, -0.25) is 4.79 Å². The van der Waals surface area contributed by atoms with Crippen LogP contribution in [0.2, 0.25) is 0 Å². The molecule has 7 nitrogen and oxygen atoms in total. The highest BCUT2D eigenvalue weighted by Gasteiger charge is 2.13. The highest BCUT2D eigenvalue weighted by molar-refractivity contribution is 5.91. The SMILES string of the molecule is COc1ccc(OC(=O)c2ccccc2)c(CCNC(=O)Cc2ccc(OC)c(OC)c2)c1. The lowest BCUT2D eigenvalue weighted by atomic mass is 10.1. The molecule has 0 spiro atoms. The van der Waals surface area contributed by atoms with Crippen LogP contribution >= 0.6 is 0 Å². The molecule has 3 aromatic rings. The number of hydrogen-bond donors (Lipinski definition) is 1. The molecule has 0 unspecified atom stereocenters. The van der Waals surface area contributed by atoms with Crippen LogP contribution in [0.5, 0.6) is 23.0 Å². The van der Waals surface area contributed by atoms with Crippen LogP contribution in [0.15, 0.2) is 66.7 Å². The van der Waals surface area contributed by atoms with E-state index in [2.05, 4.69) is 5.32 Å². The van der Waals surface area contributed by atoms with Gasteiger partial charge in [-0.05, 0) is 54.4 Å². The summed E-state index contributed by atoms with van der Waals surface area (Å²) in [6, 6.07) is 19.4. The summed E-state index contributed by atoms with van der Waals surface area (Å²) in [6.07, 6.45) is 0.667. The molecule has 172 valence electrons. The summed E-state index contributed by atoms with van der Waals surface area (Å²) in [6.45, 7) is 0.370. The van der Waals surface area contributed by atoms with E-state index in [0.29, 0.717) is 41.5 Å². The summed E-state index contributed by atoms with van der Waals surface area (Å²) in [5.74, 6) is 1.67. The lowest BCUT2D eigenvalue weighted by molar-refractivity contribution is -0.120. The molecular formula is C26H27NO6. The molecule has 0 aliphatic rings. The fourth-order valence-electron chi connectivity index (χ4n) is 3.29. The van der Waals surface area contributed by atoms with Gasteiger partial charge in [-0.1, -0.05) is 24.3 Å². The summed E-state index contributed by atoms with van der Waals surface area (Å²) in [7, 11) is 4.69. The van der Waals surface area contributed by atoms with Crippen LogP contribution in [-0.4, -0.2) is 39.8 Å². The number of esters is 1. The number of ether oxygens (including phenoxy) is 4. The Kier molecular flexibility index (Phi) is 8.30. The summed E-state index contributed by atoms with van der Waals surface area (Å²) >= 11 is 0. The van der Waals surface area contributed by atoms with E-state index in [4.69, 9.17) is 18.9 Å². The number of nitrogens with one attached hydrogen (secondary N) is 1. The van der Waals surface area contributed by atoms with Crippen LogP contribution in [0.25, 0.3) is 0 Å². The van der Waals surface area contributed by atoms with Crippen molar-refractivity contribution in [2.24, 2.45) is 0 Å². The van der Waals surface area contributed by atoms with E-state index in [-0.39, 0.29) is 12.3 Å². The van der Waals surface area contributed by atoms with Crippen LogP contribution < -0.4 is 24.3 Å². The number of methoxy groups -OCH3 is 3. The molecule has 7 heteroatoms. The van der Waals surface area contributed by atoms with Gasteiger partial charge in [-0.15, -0.1) is 0 Å². The molecule has 0 aliphatic heterocycles. The van der Waals surface area contributed by atoms with Gasteiger partial charge in [0.1, 0.15) is 11.5 Å². The molecule has 1 N–H and O–H groups in total. The Bertz CT molecular complexity index is 1100. The van der Waals surface area contributed by atoms with Crippen molar-refractivity contribution < 1.29 is 28.5 Å². The number of carbonyl (C=O) groups is 2. The zero-order valence-corrected chi connectivity index (χ0v) is 18.9. The first-order valence-corrected chi connectivity index (χ1v) is 10.5. The third-order valence-corrected chi connectivity index (χ3v) is 5.01. The van der Waals surface area contributed by atoms with E-state index < -0.39 is 5.97 Å². The Labute approximate surface area is 193 Å². The highest BCUT2D eigenvalue weighted by atomic mass is 16.5. The van der Waals surface area contributed by atoms with E-state index >= 15 is 0 Å². The topological polar surface area (TPSA) is 83.1 Å². The van der Waals surface area contributed by atoms with Crippen molar-refractivity contribution in [2.45, 2.75) is 12.8 Å². The van der Waals surface area contributed by atoms with Gasteiger partial charge in [0.05, 0.1) is 33.3 Å². The first kappa shape index (κ1) is 23.7. The second kappa shape index (κ2) is 11.6. The van der Waals surface area contributed by atoms with Gasteiger partial charge in [0.25, 0.3) is 0 Å². The van der Waals surface area contributed by atoms with Crippen LogP contribution in [0, 0.1) is 0 Å². The van der Waals surface area contributed by atoms with Crippen LogP contribution in [0.1, 0.15) is 21.5 Å². The smallest absolute Gasteiger partial charge is 0.343 e. The Morgan fingerprint density at radius 2 is 1.52 bits per heavy atom. The minimum Gasteiger partial charge on any atom is -0.497 e. The summed E-state index contributed by atoms with van der Waals surface area (Å²) in [5.41, 5.74) is 2.02. The molecule has 3 aromatic carbocycles. The van der Waals surface area contributed by atoms with Crippen LogP contribution in [0.4, 0.5) is 0 Å². The Hall–Kier alpha value is -4.00. The quantitative estimate of drug-likeness (QED) is 0.374. The fraction of sp³-hybridized carbons (Fsp3) is 0.231. The van der Waals surface area contributed by atoms with Gasteiger partial charge in [0, 0.05) is 12.1 Å². The molecule has 0 bridgehead atoms. The summed E-state index contributed by atoms with van der Waals surface area (Å²) in [5, 5.41) is 2.90. The Morgan fingerprint density at radius 3 is 2.21 bits per heavy atom. The second-order valence-electron chi connectivity index (χ2n) is 7.20. The third kappa shape index (κ3) is 6.49. The molecule has 3 rings (SSSR count). The van der Waals surface area contributed by atoms with Crippen molar-refractivity contribution in [1.82, 2.24) is 5.32 Å². The zero-order chi connectivity index (χ0) is 23.6. The molecule has 0 fully saturated rings. The van der Waals surface area contributed by atoms with E-state index in [1.807, 2.05) is 12.1 Å². The van der Waals surface area contributed by atoms with E-state index in [1.165, 1.54) is 0 Å². The predicted octanol–water partition coefficient (Wildman–Crippen LogP) is 3.83. The number of carbonyl (C=O) groups excluding carboxylic acids is 2. The number of benzene rings is 3. The average Bonchev–Trinajstić information content (AvgIpc) is 2.85. The maximum Gasteiger partial charge on any atom is 0.343 e. The van der Waals surface area contributed by atoms with Crippen molar-refractivity contribution in [3.05, 3.63) is 83.4 Å². The van der Waals surface area contributed by atoms with E-state index in [9.17, 15) is 9.59 Å². The fourth-order valence-corrected chi connectivity index (χ4v) is 3.29. The largest absolute Gasteiger partial charge is 0.497 e. The average molecular weight is 450 g/mol. The molecule has 0 radical (unpaired) electrons. The van der Waals surface area contributed by atoms with Crippen LogP contribution in [-0.2, 0) is 17.6 Å². The van der Waals surface area contributed by atoms with Gasteiger partial charge in [0.15, 0.2) is 11.5 Å². The van der Waals surface area contributed by atoms with Crippen molar-refractivity contribution in [3.63, 3.8) is 0 Å². The van der Waals surface area contributed by atoms with Crippen LogP contribution in [0.3, 0.4) is 0 Å². The molecular weight excluding hydrogens is 422 g/mol. The molecule has 0 aliphatic carbocycles. The zero-order valence-electron chi connectivity index (χ0n) is 18.9. The van der Waals surface area contributed by atoms with Gasteiger partial charge in [0.2, 0.25) is 5.91 Å². The second-order valence-corrected chi connectivity index (χ2v) is 7.20. The van der Waals surface area contributed by atoms with E-state index in [0.717, 1.165) is 11.1 Å². The first-order valence-electron chi connectivity index (χ1n) is 10.5. The van der Waals surface area contributed by atoms with Crippen molar-refractivity contribution in [1.29, 1.82) is 0 Å². The summed E-state index contributed by atoms with van der Waals surface area (Å²) in [4.78, 5) is 24.9. The number of hydrogen-bond acceptors (Lipinski definition) is 6. The molecule has 0 saturated carbocycles. The lowest BCUT2D eigenvalue weighted by Crippen LogP contribution is -2.27. The molecule has 1 amide bonds. The van der Waals surface area contributed by atoms with Gasteiger partial charge < -0.3 is 24.3 Å². The highest BCUT2D eigenvalue weighted by Crippen LogP contribution is 2.28. The number of rotatable bonds is 10. The maximum atomic E-state index is 12.5. The first-order chi connectivity index (χ1) is 16.0. The summed E-state index contributed by atoms with van der Waals surface area (Å²) < 4.78 is 21.4. The molecule has 0 saturated heterocycles. The van der Waals surface area contributed by atoms with Crippen molar-refractivity contribution in [3.8, 4) is 23.0 Å². The minimum absolute atomic E-state index is 0.132. The van der Waals surface area contributed by atoms with Gasteiger partial charge in [-0.25, -0.2) is 4.79 Å².